The van der Waals surface area contributed by atoms with Crippen LogP contribution in [0.2, 0.25) is 0 Å². The van der Waals surface area contributed by atoms with Gasteiger partial charge in [-0.05, 0) is 52.5 Å². The number of pyridine rings is 1. The molecule has 6 nitrogen and oxygen atoms in total. The third-order valence-corrected chi connectivity index (χ3v) is 7.82. The SMILES string of the molecule is CC(C)(C)C1CC(c2ccc(-c3ccc(OCc4ccccc4)nc3OCc3ccccc3)cc2)CCN1C(=O)O. The molecule has 0 bridgehead atoms. The molecule has 1 N–H and O–H groups in total. The van der Waals surface area contributed by atoms with E-state index in [9.17, 15) is 9.90 Å². The van der Waals surface area contributed by atoms with Gasteiger partial charge in [0.1, 0.15) is 13.2 Å². The van der Waals surface area contributed by atoms with E-state index in [1.54, 1.807) is 4.90 Å². The van der Waals surface area contributed by atoms with E-state index in [0.717, 1.165) is 35.1 Å². The quantitative estimate of drug-likeness (QED) is 0.240. The zero-order valence-electron chi connectivity index (χ0n) is 24.0. The van der Waals surface area contributed by atoms with Crippen molar-refractivity contribution in [1.82, 2.24) is 9.88 Å². The van der Waals surface area contributed by atoms with Gasteiger partial charge in [0.15, 0.2) is 0 Å². The van der Waals surface area contributed by atoms with E-state index in [1.807, 2.05) is 72.8 Å². The zero-order valence-corrected chi connectivity index (χ0v) is 24.0. The Morgan fingerprint density at radius 3 is 2.05 bits per heavy atom. The van der Waals surface area contributed by atoms with Gasteiger partial charge in [0, 0.05) is 24.2 Å². The maximum Gasteiger partial charge on any atom is 0.407 e. The second-order valence-electron chi connectivity index (χ2n) is 11.8. The van der Waals surface area contributed by atoms with Gasteiger partial charge in [0.25, 0.3) is 0 Å². The minimum absolute atomic E-state index is 0.0240. The van der Waals surface area contributed by atoms with Crippen molar-refractivity contribution in [3.8, 4) is 22.9 Å². The van der Waals surface area contributed by atoms with Gasteiger partial charge >= 0.3 is 6.09 Å². The van der Waals surface area contributed by atoms with Gasteiger partial charge in [-0.1, -0.05) is 106 Å². The number of hydrogen-bond donors (Lipinski definition) is 1. The topological polar surface area (TPSA) is 71.9 Å². The van der Waals surface area contributed by atoms with E-state index in [1.165, 1.54) is 5.56 Å². The van der Waals surface area contributed by atoms with Gasteiger partial charge in [0.05, 0.1) is 0 Å². The fourth-order valence-electron chi connectivity index (χ4n) is 5.54. The van der Waals surface area contributed by atoms with Crippen molar-refractivity contribution in [2.75, 3.05) is 6.54 Å². The molecule has 212 valence electrons. The summed E-state index contributed by atoms with van der Waals surface area (Å²) < 4.78 is 12.3. The molecule has 3 aromatic carbocycles. The average Bonchev–Trinajstić information content (AvgIpc) is 2.99. The Bertz CT molecular complexity index is 1430. The Morgan fingerprint density at radius 2 is 1.46 bits per heavy atom. The second-order valence-corrected chi connectivity index (χ2v) is 11.8. The van der Waals surface area contributed by atoms with Crippen LogP contribution in [0.4, 0.5) is 4.79 Å². The van der Waals surface area contributed by atoms with Crippen molar-refractivity contribution in [3.05, 3.63) is 114 Å². The summed E-state index contributed by atoms with van der Waals surface area (Å²) in [6.07, 6.45) is 0.805. The van der Waals surface area contributed by atoms with Crippen LogP contribution >= 0.6 is 0 Å². The van der Waals surface area contributed by atoms with Crippen molar-refractivity contribution < 1.29 is 19.4 Å². The van der Waals surface area contributed by atoms with Crippen LogP contribution in [0.5, 0.6) is 11.8 Å². The molecule has 2 unspecified atom stereocenters. The first-order chi connectivity index (χ1) is 19.8. The molecule has 1 aromatic heterocycles. The van der Waals surface area contributed by atoms with Gasteiger partial charge in [0.2, 0.25) is 11.8 Å². The van der Waals surface area contributed by atoms with E-state index in [2.05, 4.69) is 45.0 Å². The molecule has 0 aliphatic carbocycles. The minimum atomic E-state index is -0.828. The van der Waals surface area contributed by atoms with Crippen LogP contribution in [0, 0.1) is 5.41 Å². The minimum Gasteiger partial charge on any atom is -0.473 e. The van der Waals surface area contributed by atoms with Crippen LogP contribution in [0.15, 0.2) is 97.1 Å². The second kappa shape index (κ2) is 12.5. The molecule has 1 aliphatic heterocycles. The number of hydrogen-bond acceptors (Lipinski definition) is 4. The molecular formula is C35H38N2O4. The Balaban J connectivity index is 1.36. The lowest BCUT2D eigenvalue weighted by molar-refractivity contribution is 0.0526. The maximum atomic E-state index is 11.9. The summed E-state index contributed by atoms with van der Waals surface area (Å²) in [5.41, 5.74) is 5.14. The van der Waals surface area contributed by atoms with E-state index >= 15 is 0 Å². The molecule has 5 rings (SSSR count). The number of amides is 1. The lowest BCUT2D eigenvalue weighted by atomic mass is 9.75. The number of carbonyl (C=O) groups is 1. The highest BCUT2D eigenvalue weighted by Crippen LogP contribution is 2.40. The van der Waals surface area contributed by atoms with E-state index < -0.39 is 6.09 Å². The van der Waals surface area contributed by atoms with Gasteiger partial charge in [-0.25, -0.2) is 4.79 Å². The summed E-state index contributed by atoms with van der Waals surface area (Å²) in [5, 5.41) is 9.74. The van der Waals surface area contributed by atoms with E-state index in [4.69, 9.17) is 14.5 Å². The van der Waals surface area contributed by atoms with Gasteiger partial charge < -0.3 is 19.5 Å². The smallest absolute Gasteiger partial charge is 0.407 e. The summed E-state index contributed by atoms with van der Waals surface area (Å²) in [6.45, 7) is 7.74. The Hall–Kier alpha value is -4.32. The molecular weight excluding hydrogens is 512 g/mol. The normalized spacial score (nSPS) is 17.2. The first-order valence-electron chi connectivity index (χ1n) is 14.2. The number of likely N-dealkylation sites (tertiary alicyclic amines) is 1. The molecule has 4 aromatic rings. The first kappa shape index (κ1) is 28.2. The Labute approximate surface area is 242 Å². The summed E-state index contributed by atoms with van der Waals surface area (Å²) in [5.74, 6) is 1.34. The molecule has 41 heavy (non-hydrogen) atoms. The van der Waals surface area contributed by atoms with Crippen LogP contribution in [-0.4, -0.2) is 33.7 Å². The molecule has 0 saturated carbocycles. The third-order valence-electron chi connectivity index (χ3n) is 7.82. The largest absolute Gasteiger partial charge is 0.473 e. The molecule has 2 atom stereocenters. The van der Waals surface area contributed by atoms with Gasteiger partial charge in [-0.15, -0.1) is 0 Å². The summed E-state index contributed by atoms with van der Waals surface area (Å²) >= 11 is 0. The molecule has 1 amide bonds. The summed E-state index contributed by atoms with van der Waals surface area (Å²) in [7, 11) is 0. The highest BCUT2D eigenvalue weighted by Gasteiger charge is 2.39. The number of benzene rings is 3. The number of aromatic nitrogens is 1. The molecule has 1 saturated heterocycles. The summed E-state index contributed by atoms with van der Waals surface area (Å²) in [6, 6.07) is 32.5. The molecule has 1 fully saturated rings. The van der Waals surface area contributed by atoms with Crippen molar-refractivity contribution in [2.24, 2.45) is 5.41 Å². The number of rotatable bonds is 8. The van der Waals surface area contributed by atoms with Crippen LogP contribution < -0.4 is 9.47 Å². The van der Waals surface area contributed by atoms with E-state index in [0.29, 0.717) is 37.4 Å². The van der Waals surface area contributed by atoms with Gasteiger partial charge in [-0.3, -0.25) is 0 Å². The molecule has 0 spiro atoms. The van der Waals surface area contributed by atoms with Crippen molar-refractivity contribution in [3.63, 3.8) is 0 Å². The highest BCUT2D eigenvalue weighted by atomic mass is 16.5. The number of nitrogens with zero attached hydrogens (tertiary/aromatic N) is 2. The highest BCUT2D eigenvalue weighted by molar-refractivity contribution is 5.69. The Kier molecular flexibility index (Phi) is 8.58. The lowest BCUT2D eigenvalue weighted by Crippen LogP contribution is -2.51. The molecule has 2 heterocycles. The van der Waals surface area contributed by atoms with Crippen LogP contribution in [0.1, 0.15) is 56.2 Å². The fourth-order valence-corrected chi connectivity index (χ4v) is 5.54. The number of carboxylic acid groups (broad SMARTS) is 1. The molecule has 6 heteroatoms. The van der Waals surface area contributed by atoms with Crippen LogP contribution in [0.25, 0.3) is 11.1 Å². The van der Waals surface area contributed by atoms with Crippen molar-refractivity contribution in [1.29, 1.82) is 0 Å². The summed E-state index contributed by atoms with van der Waals surface area (Å²) in [4.78, 5) is 18.2. The van der Waals surface area contributed by atoms with Gasteiger partial charge in [-0.2, -0.15) is 4.98 Å². The van der Waals surface area contributed by atoms with Crippen molar-refractivity contribution >= 4 is 6.09 Å². The zero-order chi connectivity index (χ0) is 28.8. The molecule has 0 radical (unpaired) electrons. The van der Waals surface area contributed by atoms with Crippen molar-refractivity contribution in [2.45, 2.75) is 58.8 Å². The average molecular weight is 551 g/mol. The number of ether oxygens (including phenoxy) is 2. The maximum absolute atomic E-state index is 11.9. The predicted octanol–water partition coefficient (Wildman–Crippen LogP) is 8.18. The van der Waals surface area contributed by atoms with Crippen LogP contribution in [-0.2, 0) is 13.2 Å². The van der Waals surface area contributed by atoms with E-state index in [-0.39, 0.29) is 11.5 Å². The van der Waals surface area contributed by atoms with Crippen LogP contribution in [0.3, 0.4) is 0 Å². The standard InChI is InChI=1S/C35H38N2O4/c1-35(2,3)31-22-29(20-21-37(31)34(38)39)27-14-16-28(17-15-27)30-18-19-32(40-23-25-10-6-4-7-11-25)36-33(30)41-24-26-12-8-5-9-13-26/h4-19,29,31H,20-24H2,1-3H3,(H,38,39). The first-order valence-corrected chi connectivity index (χ1v) is 14.2. The third kappa shape index (κ3) is 7.07. The molecule has 1 aliphatic rings. The lowest BCUT2D eigenvalue weighted by Gasteiger charge is -2.44. The fraction of sp³-hybridized carbons (Fsp3) is 0.314. The predicted molar refractivity (Wildman–Crippen MR) is 161 cm³/mol. The monoisotopic (exact) mass is 550 g/mol. The Morgan fingerprint density at radius 1 is 0.854 bits per heavy atom. The number of piperidine rings is 1.